The molecule has 1 aromatic rings. The molecule has 0 bridgehead atoms. The molecule has 3 heteroatoms. The summed E-state index contributed by atoms with van der Waals surface area (Å²) in [5.74, 6) is 0. The lowest BCUT2D eigenvalue weighted by molar-refractivity contribution is 0.0689. The number of rotatable bonds is 5. The number of nitrogens with two attached hydrogens (primary N) is 1. The van der Waals surface area contributed by atoms with E-state index in [4.69, 9.17) is 10.5 Å². The molecule has 19 heavy (non-hydrogen) atoms. The van der Waals surface area contributed by atoms with E-state index in [1.807, 2.05) is 0 Å². The molecule has 0 aromatic heterocycles. The highest BCUT2D eigenvalue weighted by Gasteiger charge is 2.22. The molecular weight excluding hydrogens is 236 g/mol. The summed E-state index contributed by atoms with van der Waals surface area (Å²) in [5.41, 5.74) is 9.93. The minimum Gasteiger partial charge on any atom is -0.377 e. The Morgan fingerprint density at radius 2 is 2.00 bits per heavy atom. The molecule has 2 N–H and O–H groups in total. The van der Waals surface area contributed by atoms with Gasteiger partial charge in [0, 0.05) is 25.7 Å². The fourth-order valence-corrected chi connectivity index (χ4v) is 3.01. The third-order valence-electron chi connectivity index (χ3n) is 3.90. The first-order chi connectivity index (χ1) is 9.10. The Morgan fingerprint density at radius 1 is 1.32 bits per heavy atom. The zero-order chi connectivity index (χ0) is 13.8. The predicted octanol–water partition coefficient (Wildman–Crippen LogP) is 2.41. The number of benzene rings is 1. The Balaban J connectivity index is 2.08. The van der Waals surface area contributed by atoms with E-state index in [9.17, 15) is 0 Å². The van der Waals surface area contributed by atoms with E-state index < -0.39 is 0 Å². The fraction of sp³-hybridized carbons (Fsp3) is 0.625. The van der Waals surface area contributed by atoms with Crippen molar-refractivity contribution >= 4 is 0 Å². The zero-order valence-corrected chi connectivity index (χ0v) is 12.4. The standard InChI is InChI=1S/C16H26N2O/c1-12-7-13(2)9-14(8-12)16(10-17)18(3)11-15-5-4-6-19-15/h7-9,15-16H,4-6,10-11,17H2,1-3H3. The molecule has 2 atom stereocenters. The minimum absolute atomic E-state index is 0.280. The van der Waals surface area contributed by atoms with Gasteiger partial charge in [-0.3, -0.25) is 4.90 Å². The number of nitrogens with zero attached hydrogens (tertiary/aromatic N) is 1. The van der Waals surface area contributed by atoms with Crippen LogP contribution in [0.1, 0.15) is 35.6 Å². The molecule has 1 saturated heterocycles. The molecule has 0 saturated carbocycles. The van der Waals surface area contributed by atoms with Crippen molar-refractivity contribution in [1.29, 1.82) is 0 Å². The van der Waals surface area contributed by atoms with Crippen LogP contribution in [0.25, 0.3) is 0 Å². The Hall–Kier alpha value is -0.900. The fourth-order valence-electron chi connectivity index (χ4n) is 3.01. The molecule has 1 fully saturated rings. The van der Waals surface area contributed by atoms with Crippen molar-refractivity contribution in [3.05, 3.63) is 34.9 Å². The minimum atomic E-state index is 0.280. The molecule has 106 valence electrons. The van der Waals surface area contributed by atoms with Gasteiger partial charge in [-0.05, 0) is 39.3 Å². The second-order valence-corrected chi connectivity index (χ2v) is 5.75. The molecule has 3 nitrogen and oxygen atoms in total. The summed E-state index contributed by atoms with van der Waals surface area (Å²) >= 11 is 0. The summed E-state index contributed by atoms with van der Waals surface area (Å²) in [4.78, 5) is 2.34. The van der Waals surface area contributed by atoms with Crippen molar-refractivity contribution in [2.24, 2.45) is 5.73 Å². The number of hydrogen-bond donors (Lipinski definition) is 1. The first-order valence-corrected chi connectivity index (χ1v) is 7.20. The quantitative estimate of drug-likeness (QED) is 0.885. The van der Waals surface area contributed by atoms with Crippen LogP contribution in [0.15, 0.2) is 18.2 Å². The van der Waals surface area contributed by atoms with Crippen molar-refractivity contribution in [2.75, 3.05) is 26.7 Å². The number of ether oxygens (including phenoxy) is 1. The monoisotopic (exact) mass is 262 g/mol. The summed E-state index contributed by atoms with van der Waals surface area (Å²) < 4.78 is 5.72. The maximum Gasteiger partial charge on any atom is 0.0702 e. The van der Waals surface area contributed by atoms with Gasteiger partial charge >= 0.3 is 0 Å². The van der Waals surface area contributed by atoms with Gasteiger partial charge in [-0.25, -0.2) is 0 Å². The zero-order valence-electron chi connectivity index (χ0n) is 12.4. The third kappa shape index (κ3) is 3.78. The van der Waals surface area contributed by atoms with Gasteiger partial charge in [-0.1, -0.05) is 29.3 Å². The molecule has 1 aromatic carbocycles. The normalized spacial score (nSPS) is 21.0. The number of likely N-dealkylation sites (N-methyl/N-ethyl adjacent to an activating group) is 1. The molecule has 0 radical (unpaired) electrons. The average molecular weight is 262 g/mol. The van der Waals surface area contributed by atoms with Crippen molar-refractivity contribution in [2.45, 2.75) is 38.8 Å². The van der Waals surface area contributed by atoms with E-state index in [-0.39, 0.29) is 6.04 Å². The smallest absolute Gasteiger partial charge is 0.0702 e. The van der Waals surface area contributed by atoms with E-state index >= 15 is 0 Å². The Morgan fingerprint density at radius 3 is 2.53 bits per heavy atom. The summed E-state index contributed by atoms with van der Waals surface area (Å²) in [6.45, 7) is 6.81. The van der Waals surface area contributed by atoms with Crippen LogP contribution in [-0.2, 0) is 4.74 Å². The molecule has 1 aliphatic heterocycles. The van der Waals surface area contributed by atoms with Crippen molar-refractivity contribution in [3.8, 4) is 0 Å². The SMILES string of the molecule is Cc1cc(C)cc(C(CN)N(C)CC2CCCO2)c1. The summed E-state index contributed by atoms with van der Waals surface area (Å²) in [6.07, 6.45) is 2.74. The van der Waals surface area contributed by atoms with Crippen molar-refractivity contribution < 1.29 is 4.74 Å². The summed E-state index contributed by atoms with van der Waals surface area (Å²) in [5, 5.41) is 0. The lowest BCUT2D eigenvalue weighted by Crippen LogP contribution is -2.36. The molecule has 2 rings (SSSR count). The molecule has 0 amide bonds. The highest BCUT2D eigenvalue weighted by Crippen LogP contribution is 2.23. The molecule has 0 spiro atoms. The second kappa shape index (κ2) is 6.51. The van der Waals surface area contributed by atoms with Crippen molar-refractivity contribution in [3.63, 3.8) is 0 Å². The lowest BCUT2D eigenvalue weighted by atomic mass is 10.00. The van der Waals surface area contributed by atoms with Gasteiger partial charge < -0.3 is 10.5 Å². The number of aryl methyl sites for hydroxylation is 2. The second-order valence-electron chi connectivity index (χ2n) is 5.75. The topological polar surface area (TPSA) is 38.5 Å². The van der Waals surface area contributed by atoms with Gasteiger partial charge in [0.15, 0.2) is 0 Å². The molecule has 1 heterocycles. The van der Waals surface area contributed by atoms with Gasteiger partial charge in [0.25, 0.3) is 0 Å². The Bertz CT molecular complexity index is 393. The molecule has 2 unspecified atom stereocenters. The maximum atomic E-state index is 6.00. The van der Waals surface area contributed by atoms with E-state index in [1.54, 1.807) is 0 Å². The highest BCUT2D eigenvalue weighted by molar-refractivity contribution is 5.31. The predicted molar refractivity (Wildman–Crippen MR) is 79.3 cm³/mol. The van der Waals surface area contributed by atoms with E-state index in [1.165, 1.54) is 29.5 Å². The Labute approximate surface area is 116 Å². The van der Waals surface area contributed by atoms with Crippen molar-refractivity contribution in [1.82, 2.24) is 4.90 Å². The van der Waals surface area contributed by atoms with Crippen LogP contribution in [0.5, 0.6) is 0 Å². The van der Waals surface area contributed by atoms with Crippen LogP contribution in [0.4, 0.5) is 0 Å². The maximum absolute atomic E-state index is 6.00. The van der Waals surface area contributed by atoms with Crippen LogP contribution >= 0.6 is 0 Å². The van der Waals surface area contributed by atoms with Crippen LogP contribution in [-0.4, -0.2) is 37.7 Å². The molecular formula is C16H26N2O. The van der Waals surface area contributed by atoms with Crippen LogP contribution < -0.4 is 5.73 Å². The lowest BCUT2D eigenvalue weighted by Gasteiger charge is -2.29. The van der Waals surface area contributed by atoms with E-state index in [0.29, 0.717) is 12.6 Å². The summed E-state index contributed by atoms with van der Waals surface area (Å²) in [6, 6.07) is 6.98. The largest absolute Gasteiger partial charge is 0.377 e. The van der Waals surface area contributed by atoms with Gasteiger partial charge in [-0.15, -0.1) is 0 Å². The van der Waals surface area contributed by atoms with E-state index in [2.05, 4.69) is 44.0 Å². The summed E-state index contributed by atoms with van der Waals surface area (Å²) in [7, 11) is 2.15. The van der Waals surface area contributed by atoms with E-state index in [0.717, 1.165) is 13.2 Å². The molecule has 1 aliphatic rings. The first-order valence-electron chi connectivity index (χ1n) is 7.20. The van der Waals surface area contributed by atoms with Gasteiger partial charge in [0.1, 0.15) is 0 Å². The highest BCUT2D eigenvalue weighted by atomic mass is 16.5. The number of hydrogen-bond acceptors (Lipinski definition) is 3. The van der Waals surface area contributed by atoms with Crippen LogP contribution in [0.2, 0.25) is 0 Å². The first kappa shape index (κ1) is 14.5. The van der Waals surface area contributed by atoms with Gasteiger partial charge in [0.2, 0.25) is 0 Å². The van der Waals surface area contributed by atoms with Crippen LogP contribution in [0, 0.1) is 13.8 Å². The molecule has 0 aliphatic carbocycles. The van der Waals surface area contributed by atoms with Crippen LogP contribution in [0.3, 0.4) is 0 Å². The average Bonchev–Trinajstić information content (AvgIpc) is 2.81. The Kier molecular flexibility index (Phi) is 4.97. The third-order valence-corrected chi connectivity index (χ3v) is 3.90. The van der Waals surface area contributed by atoms with Gasteiger partial charge in [-0.2, -0.15) is 0 Å². The van der Waals surface area contributed by atoms with Gasteiger partial charge in [0.05, 0.1) is 6.10 Å².